The highest BCUT2D eigenvalue weighted by Crippen LogP contribution is 2.20. The number of benzene rings is 2. The van der Waals surface area contributed by atoms with Gasteiger partial charge in [0.05, 0.1) is 30.6 Å². The van der Waals surface area contributed by atoms with E-state index < -0.39 is 0 Å². The lowest BCUT2D eigenvalue weighted by Gasteiger charge is -2.16. The maximum Gasteiger partial charge on any atom is 0.225 e. The van der Waals surface area contributed by atoms with Crippen LogP contribution in [0.25, 0.3) is 11.0 Å². The zero-order valence-electron chi connectivity index (χ0n) is 15.0. The first-order valence-electron chi connectivity index (χ1n) is 8.55. The van der Waals surface area contributed by atoms with E-state index in [0.29, 0.717) is 6.42 Å². The monoisotopic (exact) mass is 369 g/mol. The van der Waals surface area contributed by atoms with Gasteiger partial charge in [0.25, 0.3) is 0 Å². The van der Waals surface area contributed by atoms with Crippen LogP contribution in [0.15, 0.2) is 48.5 Å². The fraction of sp³-hybridized carbons (Fsp3) is 0.300. The highest BCUT2D eigenvalue weighted by atomic mass is 32.2. The van der Waals surface area contributed by atoms with E-state index in [0.717, 1.165) is 40.3 Å². The zero-order chi connectivity index (χ0) is 18.4. The predicted molar refractivity (Wildman–Crippen MR) is 107 cm³/mol. The van der Waals surface area contributed by atoms with Crippen molar-refractivity contribution >= 4 is 28.7 Å². The number of aromatic nitrogens is 2. The fourth-order valence-corrected chi connectivity index (χ4v) is 3.30. The minimum Gasteiger partial charge on any atom is -0.497 e. The third kappa shape index (κ3) is 4.58. The lowest BCUT2D eigenvalue weighted by atomic mass is 10.1. The summed E-state index contributed by atoms with van der Waals surface area (Å²) in [5.74, 6) is 2.53. The number of methoxy groups -OCH3 is 1. The van der Waals surface area contributed by atoms with Crippen LogP contribution in [0.3, 0.4) is 0 Å². The van der Waals surface area contributed by atoms with Gasteiger partial charge in [-0.3, -0.25) is 4.79 Å². The standard InChI is InChI=1S/C20H23N3O2S/c1-25-15-9-7-14(8-10-15)13-19(24)21-18(11-12-26-2)20-22-16-5-3-4-6-17(16)23-20/h3-10,18H,11-13H2,1-2H3,(H,21,24)(H,22,23)/t18-/m1/s1. The molecule has 0 spiro atoms. The number of thioether (sulfide) groups is 1. The number of rotatable bonds is 8. The van der Waals surface area contributed by atoms with Crippen molar-refractivity contribution in [2.24, 2.45) is 0 Å². The van der Waals surface area contributed by atoms with E-state index >= 15 is 0 Å². The van der Waals surface area contributed by atoms with Crippen LogP contribution in [-0.2, 0) is 11.2 Å². The van der Waals surface area contributed by atoms with Crippen LogP contribution in [-0.4, -0.2) is 35.0 Å². The normalized spacial score (nSPS) is 12.1. The molecule has 2 aromatic carbocycles. The Hall–Kier alpha value is -2.47. The lowest BCUT2D eigenvalue weighted by Crippen LogP contribution is -2.31. The molecule has 0 radical (unpaired) electrons. The van der Waals surface area contributed by atoms with E-state index in [1.807, 2.05) is 48.5 Å². The van der Waals surface area contributed by atoms with Crippen LogP contribution in [0.5, 0.6) is 5.75 Å². The summed E-state index contributed by atoms with van der Waals surface area (Å²) >= 11 is 1.76. The summed E-state index contributed by atoms with van der Waals surface area (Å²) in [7, 11) is 1.63. The topological polar surface area (TPSA) is 67.0 Å². The van der Waals surface area contributed by atoms with E-state index in [1.165, 1.54) is 0 Å². The Morgan fingerprint density at radius 3 is 2.69 bits per heavy atom. The van der Waals surface area contributed by atoms with Crippen LogP contribution in [0.1, 0.15) is 23.9 Å². The third-order valence-corrected chi connectivity index (χ3v) is 4.85. The molecule has 0 aliphatic carbocycles. The van der Waals surface area contributed by atoms with Crippen molar-refractivity contribution in [3.63, 3.8) is 0 Å². The van der Waals surface area contributed by atoms with Crippen LogP contribution in [0.2, 0.25) is 0 Å². The first-order valence-corrected chi connectivity index (χ1v) is 9.95. The second-order valence-electron chi connectivity index (χ2n) is 6.07. The van der Waals surface area contributed by atoms with E-state index in [4.69, 9.17) is 4.74 Å². The molecule has 136 valence electrons. The number of hydrogen-bond acceptors (Lipinski definition) is 4. The second kappa shape index (κ2) is 8.76. The van der Waals surface area contributed by atoms with E-state index in [1.54, 1.807) is 18.9 Å². The summed E-state index contributed by atoms with van der Waals surface area (Å²) < 4.78 is 5.15. The number of amides is 1. The summed E-state index contributed by atoms with van der Waals surface area (Å²) in [4.78, 5) is 20.5. The van der Waals surface area contributed by atoms with Gasteiger partial charge in [-0.25, -0.2) is 4.98 Å². The number of carbonyl (C=O) groups is 1. The number of nitrogens with zero attached hydrogens (tertiary/aromatic N) is 1. The molecule has 0 saturated heterocycles. The van der Waals surface area contributed by atoms with Crippen LogP contribution < -0.4 is 10.1 Å². The molecule has 0 fully saturated rings. The smallest absolute Gasteiger partial charge is 0.225 e. The zero-order valence-corrected chi connectivity index (χ0v) is 15.8. The number of H-pyrrole nitrogens is 1. The second-order valence-corrected chi connectivity index (χ2v) is 7.05. The molecule has 6 heteroatoms. The van der Waals surface area contributed by atoms with Crippen molar-refractivity contribution < 1.29 is 9.53 Å². The first-order chi connectivity index (χ1) is 12.7. The van der Waals surface area contributed by atoms with Crippen LogP contribution in [0.4, 0.5) is 0 Å². The molecule has 3 rings (SSSR count). The molecule has 0 aliphatic heterocycles. The number of imidazole rings is 1. The average Bonchev–Trinajstić information content (AvgIpc) is 3.09. The van der Waals surface area contributed by atoms with Crippen molar-refractivity contribution in [2.45, 2.75) is 18.9 Å². The first kappa shape index (κ1) is 18.3. The van der Waals surface area contributed by atoms with Gasteiger partial charge in [0.2, 0.25) is 5.91 Å². The van der Waals surface area contributed by atoms with Crippen molar-refractivity contribution in [1.82, 2.24) is 15.3 Å². The molecule has 1 heterocycles. The molecular weight excluding hydrogens is 346 g/mol. The molecule has 2 N–H and O–H groups in total. The van der Waals surface area contributed by atoms with Gasteiger partial charge < -0.3 is 15.0 Å². The van der Waals surface area contributed by atoms with E-state index in [-0.39, 0.29) is 11.9 Å². The van der Waals surface area contributed by atoms with Gasteiger partial charge in [0, 0.05) is 0 Å². The quantitative estimate of drug-likeness (QED) is 0.635. The molecule has 5 nitrogen and oxygen atoms in total. The Labute approximate surface area is 157 Å². The fourth-order valence-electron chi connectivity index (χ4n) is 2.82. The third-order valence-electron chi connectivity index (χ3n) is 4.21. The van der Waals surface area contributed by atoms with Crippen LogP contribution in [0, 0.1) is 0 Å². The Kier molecular flexibility index (Phi) is 6.17. The van der Waals surface area contributed by atoms with Crippen molar-refractivity contribution in [3.8, 4) is 5.75 Å². The Morgan fingerprint density at radius 1 is 1.23 bits per heavy atom. The van der Waals surface area contributed by atoms with Crippen molar-refractivity contribution in [3.05, 3.63) is 59.9 Å². The van der Waals surface area contributed by atoms with E-state index in [2.05, 4.69) is 21.5 Å². The number of hydrogen-bond donors (Lipinski definition) is 2. The molecule has 1 atom stereocenters. The Balaban J connectivity index is 1.71. The van der Waals surface area contributed by atoms with Gasteiger partial charge in [-0.1, -0.05) is 24.3 Å². The van der Waals surface area contributed by atoms with E-state index in [9.17, 15) is 4.79 Å². The molecule has 0 aliphatic rings. The summed E-state index contributed by atoms with van der Waals surface area (Å²) in [6.45, 7) is 0. The Morgan fingerprint density at radius 2 is 2.00 bits per heavy atom. The molecule has 0 bridgehead atoms. The largest absolute Gasteiger partial charge is 0.497 e. The summed E-state index contributed by atoms with van der Waals surface area (Å²) in [6.07, 6.45) is 3.23. The lowest BCUT2D eigenvalue weighted by molar-refractivity contribution is -0.121. The minimum atomic E-state index is -0.124. The predicted octanol–water partition coefficient (Wildman–Crippen LogP) is 3.72. The molecule has 3 aromatic rings. The number of para-hydroxylation sites is 2. The molecule has 26 heavy (non-hydrogen) atoms. The highest BCUT2D eigenvalue weighted by Gasteiger charge is 2.18. The molecule has 0 saturated carbocycles. The molecular formula is C20H23N3O2S. The minimum absolute atomic E-state index is 0.0123. The number of ether oxygens (including phenoxy) is 1. The molecule has 1 amide bonds. The molecule has 1 aromatic heterocycles. The van der Waals surface area contributed by atoms with Gasteiger partial charge in [-0.05, 0) is 48.3 Å². The van der Waals surface area contributed by atoms with Crippen molar-refractivity contribution in [2.75, 3.05) is 19.1 Å². The number of carbonyl (C=O) groups excluding carboxylic acids is 1. The summed E-state index contributed by atoms with van der Waals surface area (Å²) in [5, 5.41) is 3.13. The summed E-state index contributed by atoms with van der Waals surface area (Å²) in [5.41, 5.74) is 2.86. The summed E-state index contributed by atoms with van der Waals surface area (Å²) in [6, 6.07) is 15.3. The number of nitrogens with one attached hydrogen (secondary N) is 2. The maximum absolute atomic E-state index is 12.5. The van der Waals surface area contributed by atoms with Gasteiger partial charge in [-0.15, -0.1) is 0 Å². The Bertz CT molecular complexity index is 828. The number of aromatic amines is 1. The average molecular weight is 369 g/mol. The van der Waals surface area contributed by atoms with Gasteiger partial charge in [0.1, 0.15) is 11.6 Å². The maximum atomic E-state index is 12.5. The van der Waals surface area contributed by atoms with Crippen LogP contribution >= 0.6 is 11.8 Å². The molecule has 0 unspecified atom stereocenters. The number of fused-ring (bicyclic) bond motifs is 1. The van der Waals surface area contributed by atoms with Crippen molar-refractivity contribution in [1.29, 1.82) is 0 Å². The highest BCUT2D eigenvalue weighted by molar-refractivity contribution is 7.98. The SMILES string of the molecule is COc1ccc(CC(=O)N[C@H](CCSC)c2nc3ccccc3[nH]2)cc1. The van der Waals surface area contributed by atoms with Gasteiger partial charge in [0.15, 0.2) is 0 Å². The van der Waals surface area contributed by atoms with Gasteiger partial charge in [-0.2, -0.15) is 11.8 Å². The van der Waals surface area contributed by atoms with Gasteiger partial charge >= 0.3 is 0 Å².